The highest BCUT2D eigenvalue weighted by molar-refractivity contribution is 7.13. The molecule has 20 heavy (non-hydrogen) atoms. The van der Waals surface area contributed by atoms with Gasteiger partial charge in [0, 0.05) is 22.2 Å². The summed E-state index contributed by atoms with van der Waals surface area (Å²) in [5.74, 6) is 0.824. The van der Waals surface area contributed by atoms with Crippen LogP contribution in [-0.2, 0) is 0 Å². The van der Waals surface area contributed by atoms with E-state index >= 15 is 0 Å². The number of hydrogen-bond acceptors (Lipinski definition) is 4. The molecule has 0 amide bonds. The number of benzene rings is 2. The van der Waals surface area contributed by atoms with Crippen molar-refractivity contribution in [2.75, 3.05) is 12.8 Å². The molecule has 0 bridgehead atoms. The second-order valence-electron chi connectivity index (χ2n) is 4.33. The predicted octanol–water partition coefficient (Wildman–Crippen LogP) is 4.07. The third-order valence-corrected chi connectivity index (χ3v) is 3.95. The smallest absolute Gasteiger partial charge is 0.128 e. The summed E-state index contributed by atoms with van der Waals surface area (Å²) in [7, 11) is 1.67. The first-order valence-corrected chi connectivity index (χ1v) is 7.11. The van der Waals surface area contributed by atoms with E-state index in [1.807, 2.05) is 53.9 Å². The van der Waals surface area contributed by atoms with Crippen LogP contribution in [-0.4, -0.2) is 12.1 Å². The molecule has 0 aliphatic rings. The molecule has 2 aromatic carbocycles. The van der Waals surface area contributed by atoms with E-state index < -0.39 is 0 Å². The van der Waals surface area contributed by atoms with E-state index in [4.69, 9.17) is 10.5 Å². The van der Waals surface area contributed by atoms with Gasteiger partial charge in [-0.25, -0.2) is 4.98 Å². The van der Waals surface area contributed by atoms with Crippen LogP contribution in [0.15, 0.2) is 53.9 Å². The number of nitrogens with two attached hydrogens (primary N) is 1. The fourth-order valence-corrected chi connectivity index (χ4v) is 2.94. The fourth-order valence-electron chi connectivity index (χ4n) is 2.07. The molecule has 3 nitrogen and oxygen atoms in total. The van der Waals surface area contributed by atoms with Crippen molar-refractivity contribution in [2.45, 2.75) is 0 Å². The average molecular weight is 282 g/mol. The molecule has 2 N–H and O–H groups in total. The molecule has 0 atom stereocenters. The lowest BCUT2D eigenvalue weighted by atomic mass is 10.1. The summed E-state index contributed by atoms with van der Waals surface area (Å²) in [6.45, 7) is 0. The summed E-state index contributed by atoms with van der Waals surface area (Å²) >= 11 is 1.58. The Balaban J connectivity index is 2.05. The lowest BCUT2D eigenvalue weighted by Gasteiger charge is -2.05. The third-order valence-electron chi connectivity index (χ3n) is 3.08. The van der Waals surface area contributed by atoms with Gasteiger partial charge in [0.2, 0.25) is 0 Å². The van der Waals surface area contributed by atoms with Crippen LogP contribution in [0.5, 0.6) is 5.75 Å². The van der Waals surface area contributed by atoms with Crippen LogP contribution in [0.3, 0.4) is 0 Å². The van der Waals surface area contributed by atoms with Gasteiger partial charge in [-0.2, -0.15) is 0 Å². The van der Waals surface area contributed by atoms with Gasteiger partial charge in [0.15, 0.2) is 0 Å². The summed E-state index contributed by atoms with van der Waals surface area (Å²) in [5.41, 5.74) is 9.61. The van der Waals surface area contributed by atoms with Crippen molar-refractivity contribution in [3.8, 4) is 27.6 Å². The molecule has 1 aromatic heterocycles. The zero-order valence-corrected chi connectivity index (χ0v) is 11.9. The number of anilines is 1. The zero-order chi connectivity index (χ0) is 13.9. The maximum absolute atomic E-state index is 6.00. The highest BCUT2D eigenvalue weighted by atomic mass is 32.1. The summed E-state index contributed by atoms with van der Waals surface area (Å²) < 4.78 is 5.38. The lowest BCUT2D eigenvalue weighted by molar-refractivity contribution is 0.416. The second kappa shape index (κ2) is 5.35. The highest BCUT2D eigenvalue weighted by Crippen LogP contribution is 2.35. The minimum absolute atomic E-state index is 0.744. The topological polar surface area (TPSA) is 48.1 Å². The van der Waals surface area contributed by atoms with Gasteiger partial charge in [-0.15, -0.1) is 11.3 Å². The molecule has 100 valence electrons. The van der Waals surface area contributed by atoms with Crippen molar-refractivity contribution < 1.29 is 4.74 Å². The van der Waals surface area contributed by atoms with Crippen molar-refractivity contribution in [1.82, 2.24) is 4.98 Å². The molecule has 4 heteroatoms. The Morgan fingerprint density at radius 3 is 2.45 bits per heavy atom. The minimum Gasteiger partial charge on any atom is -0.496 e. The van der Waals surface area contributed by atoms with E-state index in [1.54, 1.807) is 18.4 Å². The van der Waals surface area contributed by atoms with Crippen LogP contribution >= 0.6 is 11.3 Å². The first kappa shape index (κ1) is 12.7. The first-order valence-electron chi connectivity index (χ1n) is 6.23. The molecule has 3 aromatic rings. The standard InChI is InChI=1S/C16H14N2OS/c1-19-15-9-5-3-7-12(15)14-10-20-16(18-14)11-6-2-4-8-13(11)17/h2-10H,17H2,1H3. The van der Waals surface area contributed by atoms with Gasteiger partial charge < -0.3 is 10.5 Å². The second-order valence-corrected chi connectivity index (χ2v) is 5.18. The molecule has 0 saturated carbocycles. The lowest BCUT2D eigenvalue weighted by Crippen LogP contribution is -1.89. The molecule has 0 aliphatic heterocycles. The first-order chi connectivity index (χ1) is 9.79. The number of para-hydroxylation sites is 2. The van der Waals surface area contributed by atoms with Gasteiger partial charge in [0.25, 0.3) is 0 Å². The Hall–Kier alpha value is -2.33. The number of aromatic nitrogens is 1. The van der Waals surface area contributed by atoms with Gasteiger partial charge in [-0.3, -0.25) is 0 Å². The fraction of sp³-hybridized carbons (Fsp3) is 0.0625. The quantitative estimate of drug-likeness (QED) is 0.737. The van der Waals surface area contributed by atoms with Crippen LogP contribution < -0.4 is 10.5 Å². The largest absolute Gasteiger partial charge is 0.496 e. The molecule has 3 rings (SSSR count). The van der Waals surface area contributed by atoms with Crippen LogP contribution in [0.1, 0.15) is 0 Å². The molecule has 0 radical (unpaired) electrons. The molecule has 0 saturated heterocycles. The molecule has 0 spiro atoms. The summed E-state index contributed by atoms with van der Waals surface area (Å²) in [4.78, 5) is 4.68. The Labute approximate surface area is 121 Å². The number of ether oxygens (including phenoxy) is 1. The van der Waals surface area contributed by atoms with E-state index in [0.29, 0.717) is 0 Å². The van der Waals surface area contributed by atoms with Crippen molar-refractivity contribution in [3.63, 3.8) is 0 Å². The Bertz CT molecular complexity index is 737. The van der Waals surface area contributed by atoms with Crippen LogP contribution in [0.25, 0.3) is 21.8 Å². The molecular weight excluding hydrogens is 268 g/mol. The maximum Gasteiger partial charge on any atom is 0.128 e. The van der Waals surface area contributed by atoms with Gasteiger partial charge >= 0.3 is 0 Å². The van der Waals surface area contributed by atoms with E-state index in [1.165, 1.54) is 0 Å². The minimum atomic E-state index is 0.744. The number of hydrogen-bond donors (Lipinski definition) is 1. The van der Waals surface area contributed by atoms with Crippen LogP contribution in [0, 0.1) is 0 Å². The van der Waals surface area contributed by atoms with Gasteiger partial charge in [0.05, 0.1) is 12.8 Å². The molecule has 0 unspecified atom stereocenters. The summed E-state index contributed by atoms with van der Waals surface area (Å²) in [6, 6.07) is 15.6. The Kier molecular flexibility index (Phi) is 3.39. The van der Waals surface area contributed by atoms with E-state index in [-0.39, 0.29) is 0 Å². The Morgan fingerprint density at radius 2 is 1.70 bits per heavy atom. The monoisotopic (exact) mass is 282 g/mol. The average Bonchev–Trinajstić information content (AvgIpc) is 2.97. The van der Waals surface area contributed by atoms with Gasteiger partial charge in [0.1, 0.15) is 10.8 Å². The van der Waals surface area contributed by atoms with E-state index in [2.05, 4.69) is 4.98 Å². The van der Waals surface area contributed by atoms with Gasteiger partial charge in [-0.05, 0) is 24.3 Å². The summed E-state index contributed by atoms with van der Waals surface area (Å²) in [6.07, 6.45) is 0. The van der Waals surface area contributed by atoms with Crippen molar-refractivity contribution in [2.24, 2.45) is 0 Å². The molecule has 0 aliphatic carbocycles. The predicted molar refractivity (Wildman–Crippen MR) is 84.0 cm³/mol. The van der Waals surface area contributed by atoms with Crippen molar-refractivity contribution >= 4 is 17.0 Å². The normalized spacial score (nSPS) is 10.4. The maximum atomic E-state index is 6.00. The van der Waals surface area contributed by atoms with Gasteiger partial charge in [-0.1, -0.05) is 24.3 Å². The summed E-state index contributed by atoms with van der Waals surface area (Å²) in [5, 5.41) is 2.95. The third kappa shape index (κ3) is 2.26. The number of nitrogen functional groups attached to an aromatic ring is 1. The van der Waals surface area contributed by atoms with Crippen LogP contribution in [0.2, 0.25) is 0 Å². The van der Waals surface area contributed by atoms with Crippen molar-refractivity contribution in [1.29, 1.82) is 0 Å². The highest BCUT2D eigenvalue weighted by Gasteiger charge is 2.11. The van der Waals surface area contributed by atoms with E-state index in [9.17, 15) is 0 Å². The molecular formula is C16H14N2OS. The van der Waals surface area contributed by atoms with Crippen LogP contribution in [0.4, 0.5) is 5.69 Å². The van der Waals surface area contributed by atoms with Crippen molar-refractivity contribution in [3.05, 3.63) is 53.9 Å². The van der Waals surface area contributed by atoms with E-state index in [0.717, 1.165) is 33.3 Å². The number of thiazole rings is 1. The number of rotatable bonds is 3. The number of methoxy groups -OCH3 is 1. The molecule has 1 heterocycles. The zero-order valence-electron chi connectivity index (χ0n) is 11.0. The number of nitrogens with zero attached hydrogens (tertiary/aromatic N) is 1. The Morgan fingerprint density at radius 1 is 1.00 bits per heavy atom. The SMILES string of the molecule is COc1ccccc1-c1csc(-c2ccccc2N)n1. The molecule has 0 fully saturated rings.